The van der Waals surface area contributed by atoms with Crippen molar-refractivity contribution in [3.05, 3.63) is 90.0 Å². The van der Waals surface area contributed by atoms with Gasteiger partial charge in [-0.15, -0.1) is 0 Å². The molecule has 0 fully saturated rings. The van der Waals surface area contributed by atoms with Crippen molar-refractivity contribution in [1.82, 2.24) is 4.98 Å². The monoisotopic (exact) mass is 323 g/mol. The Morgan fingerprint density at radius 3 is 2.00 bits per heavy atom. The van der Waals surface area contributed by atoms with Crippen molar-refractivity contribution in [2.45, 2.75) is 20.3 Å². The van der Waals surface area contributed by atoms with Gasteiger partial charge in [0.1, 0.15) is 0 Å². The van der Waals surface area contributed by atoms with Gasteiger partial charge in [-0.3, -0.25) is 0 Å². The molecule has 3 aromatic carbocycles. The number of hydrogen-bond donors (Lipinski definition) is 0. The van der Waals surface area contributed by atoms with Crippen LogP contribution in [0.15, 0.2) is 78.9 Å². The quantitative estimate of drug-likeness (QED) is 0.423. The largest absolute Gasteiger partial charge is 0.247 e. The van der Waals surface area contributed by atoms with E-state index in [0.717, 1.165) is 17.6 Å². The van der Waals surface area contributed by atoms with E-state index < -0.39 is 0 Å². The number of benzene rings is 3. The topological polar surface area (TPSA) is 12.9 Å². The Labute approximate surface area is 149 Å². The zero-order valence-electron chi connectivity index (χ0n) is 14.7. The van der Waals surface area contributed by atoms with Crippen LogP contribution in [0.2, 0.25) is 0 Å². The summed E-state index contributed by atoms with van der Waals surface area (Å²) in [5.41, 5.74) is 8.48. The van der Waals surface area contributed by atoms with Gasteiger partial charge >= 0.3 is 0 Å². The SMILES string of the molecule is CCc1c(-c2ccccc2)nc2c(C)cccc2c1-c1ccccc1. The molecule has 0 aliphatic rings. The minimum absolute atomic E-state index is 0.950. The molecule has 0 atom stereocenters. The maximum absolute atomic E-state index is 5.10. The Morgan fingerprint density at radius 2 is 1.36 bits per heavy atom. The first-order chi connectivity index (χ1) is 12.3. The fraction of sp³-hybridized carbons (Fsp3) is 0.125. The van der Waals surface area contributed by atoms with E-state index in [4.69, 9.17) is 4.98 Å². The Balaban J connectivity index is 2.16. The molecule has 0 spiro atoms. The molecule has 1 nitrogen and oxygen atoms in total. The highest BCUT2D eigenvalue weighted by atomic mass is 14.7. The molecule has 0 radical (unpaired) electrons. The molecule has 0 aliphatic carbocycles. The molecule has 0 amide bonds. The molecule has 0 N–H and O–H groups in total. The molecule has 0 saturated carbocycles. The first-order valence-electron chi connectivity index (χ1n) is 8.82. The number of para-hydroxylation sites is 1. The van der Waals surface area contributed by atoms with E-state index in [1.54, 1.807) is 0 Å². The van der Waals surface area contributed by atoms with Gasteiger partial charge in [-0.2, -0.15) is 0 Å². The Bertz CT molecular complexity index is 1020. The first kappa shape index (κ1) is 15.6. The van der Waals surface area contributed by atoms with Crippen molar-refractivity contribution in [1.29, 1.82) is 0 Å². The predicted molar refractivity (Wildman–Crippen MR) is 107 cm³/mol. The molecule has 4 aromatic rings. The zero-order valence-corrected chi connectivity index (χ0v) is 14.7. The Hall–Kier alpha value is -2.93. The molecule has 0 saturated heterocycles. The lowest BCUT2D eigenvalue weighted by atomic mass is 9.90. The summed E-state index contributed by atoms with van der Waals surface area (Å²) < 4.78 is 0. The molecule has 0 aliphatic heterocycles. The molecule has 1 aromatic heterocycles. The second kappa shape index (κ2) is 6.52. The third-order valence-electron chi connectivity index (χ3n) is 4.78. The standard InChI is InChI=1S/C24H21N/c1-3-20-22(18-12-6-4-7-13-18)21-16-10-11-17(2)23(21)25-24(20)19-14-8-5-9-15-19/h4-16H,3H2,1-2H3. The van der Waals surface area contributed by atoms with Crippen LogP contribution in [0.5, 0.6) is 0 Å². The van der Waals surface area contributed by atoms with Gasteiger partial charge < -0.3 is 0 Å². The van der Waals surface area contributed by atoms with Gasteiger partial charge in [-0.05, 0) is 35.6 Å². The number of hydrogen-bond acceptors (Lipinski definition) is 1. The van der Waals surface area contributed by atoms with Crippen LogP contribution in [-0.4, -0.2) is 4.98 Å². The smallest absolute Gasteiger partial charge is 0.0747 e. The van der Waals surface area contributed by atoms with E-state index >= 15 is 0 Å². The third-order valence-corrected chi connectivity index (χ3v) is 4.78. The van der Waals surface area contributed by atoms with Crippen LogP contribution in [0.25, 0.3) is 33.3 Å². The van der Waals surface area contributed by atoms with E-state index in [0.29, 0.717) is 0 Å². The van der Waals surface area contributed by atoms with Gasteiger partial charge in [0.25, 0.3) is 0 Å². The van der Waals surface area contributed by atoms with Gasteiger partial charge in [0, 0.05) is 10.9 Å². The molecule has 0 unspecified atom stereocenters. The second-order valence-electron chi connectivity index (χ2n) is 6.37. The third kappa shape index (κ3) is 2.72. The average molecular weight is 323 g/mol. The number of aryl methyl sites for hydroxylation is 1. The fourth-order valence-corrected chi connectivity index (χ4v) is 3.58. The van der Waals surface area contributed by atoms with E-state index in [1.807, 2.05) is 0 Å². The Morgan fingerprint density at radius 1 is 0.720 bits per heavy atom. The lowest BCUT2D eigenvalue weighted by Gasteiger charge is -2.18. The van der Waals surface area contributed by atoms with Crippen LogP contribution in [-0.2, 0) is 6.42 Å². The average Bonchev–Trinajstić information content (AvgIpc) is 2.68. The molecule has 122 valence electrons. The summed E-state index contributed by atoms with van der Waals surface area (Å²) in [6, 6.07) is 27.7. The highest BCUT2D eigenvalue weighted by Gasteiger charge is 2.17. The molecule has 4 rings (SSSR count). The molecule has 0 bridgehead atoms. The van der Waals surface area contributed by atoms with Crippen LogP contribution >= 0.6 is 0 Å². The highest BCUT2D eigenvalue weighted by Crippen LogP contribution is 2.38. The maximum atomic E-state index is 5.10. The zero-order chi connectivity index (χ0) is 17.2. The second-order valence-corrected chi connectivity index (χ2v) is 6.37. The van der Waals surface area contributed by atoms with Crippen LogP contribution in [0.1, 0.15) is 18.1 Å². The van der Waals surface area contributed by atoms with Crippen molar-refractivity contribution < 1.29 is 0 Å². The van der Waals surface area contributed by atoms with Gasteiger partial charge in [-0.25, -0.2) is 4.98 Å². The van der Waals surface area contributed by atoms with Gasteiger partial charge in [0.2, 0.25) is 0 Å². The van der Waals surface area contributed by atoms with Crippen molar-refractivity contribution in [2.24, 2.45) is 0 Å². The maximum Gasteiger partial charge on any atom is 0.0747 e. The number of nitrogens with zero attached hydrogens (tertiary/aromatic N) is 1. The number of aromatic nitrogens is 1. The van der Waals surface area contributed by atoms with Crippen LogP contribution in [0, 0.1) is 6.92 Å². The normalized spacial score (nSPS) is 11.0. The summed E-state index contributed by atoms with van der Waals surface area (Å²) in [7, 11) is 0. The summed E-state index contributed by atoms with van der Waals surface area (Å²) in [6.45, 7) is 4.36. The summed E-state index contributed by atoms with van der Waals surface area (Å²) >= 11 is 0. The van der Waals surface area contributed by atoms with Crippen molar-refractivity contribution >= 4 is 10.9 Å². The lowest BCUT2D eigenvalue weighted by Crippen LogP contribution is -1.99. The number of rotatable bonds is 3. The number of fused-ring (bicyclic) bond motifs is 1. The van der Waals surface area contributed by atoms with Crippen molar-refractivity contribution in [3.63, 3.8) is 0 Å². The van der Waals surface area contributed by atoms with Crippen molar-refractivity contribution in [2.75, 3.05) is 0 Å². The Kier molecular flexibility index (Phi) is 4.07. The van der Waals surface area contributed by atoms with E-state index in [1.165, 1.54) is 33.2 Å². The fourth-order valence-electron chi connectivity index (χ4n) is 3.58. The van der Waals surface area contributed by atoms with Crippen LogP contribution in [0.4, 0.5) is 0 Å². The first-order valence-corrected chi connectivity index (χ1v) is 8.82. The van der Waals surface area contributed by atoms with E-state index in [2.05, 4.69) is 92.7 Å². The summed E-state index contributed by atoms with van der Waals surface area (Å²) in [4.78, 5) is 5.10. The van der Waals surface area contributed by atoms with Crippen LogP contribution < -0.4 is 0 Å². The number of pyridine rings is 1. The highest BCUT2D eigenvalue weighted by molar-refractivity contribution is 6.00. The molecular weight excluding hydrogens is 302 g/mol. The van der Waals surface area contributed by atoms with Crippen molar-refractivity contribution in [3.8, 4) is 22.4 Å². The summed E-state index contributed by atoms with van der Waals surface area (Å²) in [5, 5.41) is 1.24. The minimum Gasteiger partial charge on any atom is -0.247 e. The molecule has 1 heterocycles. The summed E-state index contributed by atoms with van der Waals surface area (Å²) in [5.74, 6) is 0. The van der Waals surface area contributed by atoms with Gasteiger partial charge in [-0.1, -0.05) is 85.8 Å². The van der Waals surface area contributed by atoms with Gasteiger partial charge in [0.05, 0.1) is 11.2 Å². The minimum atomic E-state index is 0.950. The van der Waals surface area contributed by atoms with Gasteiger partial charge in [0.15, 0.2) is 0 Å². The predicted octanol–water partition coefficient (Wildman–Crippen LogP) is 6.44. The van der Waals surface area contributed by atoms with Crippen LogP contribution in [0.3, 0.4) is 0 Å². The molecule has 25 heavy (non-hydrogen) atoms. The molecular formula is C24H21N. The lowest BCUT2D eigenvalue weighted by molar-refractivity contribution is 1.12. The van der Waals surface area contributed by atoms with E-state index in [9.17, 15) is 0 Å². The van der Waals surface area contributed by atoms with E-state index in [-0.39, 0.29) is 0 Å². The summed E-state index contributed by atoms with van der Waals surface area (Å²) in [6.07, 6.45) is 0.950. The molecule has 1 heteroatoms.